The number of pyridine rings is 1. The van der Waals surface area contributed by atoms with Gasteiger partial charge in [0.05, 0.1) is 11.3 Å². The van der Waals surface area contributed by atoms with E-state index in [9.17, 15) is 19.2 Å². The molecular weight excluding hydrogens is 518 g/mol. The second-order valence-electron chi connectivity index (χ2n) is 11.2. The summed E-state index contributed by atoms with van der Waals surface area (Å²) in [6.45, 7) is 6.58. The zero-order chi connectivity index (χ0) is 28.7. The SMILES string of the molecule is [CH2]c1ccccc1CN(CC(=O)Nc1ccc2c(c1)CC1(C2)C(=O)Nc2ncccc21)C(=O)C1CCN(C(C)=O)C1. The Morgan fingerprint density at radius 3 is 2.71 bits per heavy atom. The lowest BCUT2D eigenvalue weighted by Gasteiger charge is -2.26. The first-order valence-corrected chi connectivity index (χ1v) is 13.9. The minimum atomic E-state index is -0.686. The minimum absolute atomic E-state index is 0.0527. The molecule has 1 saturated heterocycles. The molecule has 2 aromatic carbocycles. The molecule has 209 valence electrons. The zero-order valence-corrected chi connectivity index (χ0v) is 23.0. The van der Waals surface area contributed by atoms with Crippen LogP contribution in [0.25, 0.3) is 0 Å². The fourth-order valence-electron chi connectivity index (χ4n) is 6.35. The molecule has 1 radical (unpaired) electrons. The van der Waals surface area contributed by atoms with Crippen LogP contribution in [0, 0.1) is 12.8 Å². The van der Waals surface area contributed by atoms with Crippen LogP contribution in [-0.4, -0.2) is 58.0 Å². The molecule has 1 fully saturated rings. The highest BCUT2D eigenvalue weighted by atomic mass is 16.2. The number of benzene rings is 2. The highest BCUT2D eigenvalue weighted by Gasteiger charge is 2.51. The van der Waals surface area contributed by atoms with E-state index in [-0.39, 0.29) is 42.6 Å². The third kappa shape index (κ3) is 4.96. The van der Waals surface area contributed by atoms with Gasteiger partial charge < -0.3 is 20.4 Å². The second kappa shape index (κ2) is 10.5. The number of hydrogen-bond donors (Lipinski definition) is 2. The molecule has 1 aromatic heterocycles. The fraction of sp³-hybridized carbons (Fsp3) is 0.312. The molecular formula is C32H32N5O4. The maximum absolute atomic E-state index is 13.6. The van der Waals surface area contributed by atoms with Gasteiger partial charge >= 0.3 is 0 Å². The van der Waals surface area contributed by atoms with Gasteiger partial charge in [-0.1, -0.05) is 36.4 Å². The summed E-state index contributed by atoms with van der Waals surface area (Å²) < 4.78 is 0. The summed E-state index contributed by atoms with van der Waals surface area (Å²) in [6.07, 6.45) is 3.34. The molecule has 1 aliphatic carbocycles. The van der Waals surface area contributed by atoms with Crippen LogP contribution < -0.4 is 10.6 Å². The first kappa shape index (κ1) is 26.7. The van der Waals surface area contributed by atoms with E-state index in [0.29, 0.717) is 43.9 Å². The molecule has 2 atom stereocenters. The monoisotopic (exact) mass is 550 g/mol. The fourth-order valence-corrected chi connectivity index (χ4v) is 6.35. The van der Waals surface area contributed by atoms with Gasteiger partial charge in [-0.25, -0.2) is 4.98 Å². The predicted molar refractivity (Wildman–Crippen MR) is 154 cm³/mol. The van der Waals surface area contributed by atoms with Gasteiger partial charge in [-0.3, -0.25) is 19.2 Å². The number of anilines is 2. The number of carbonyl (C=O) groups is 4. The highest BCUT2D eigenvalue weighted by molar-refractivity contribution is 6.06. The summed E-state index contributed by atoms with van der Waals surface area (Å²) in [6, 6.07) is 17.1. The number of rotatable bonds is 6. The number of amides is 4. The molecule has 0 saturated carbocycles. The summed E-state index contributed by atoms with van der Waals surface area (Å²) >= 11 is 0. The average Bonchev–Trinajstić information content (AvgIpc) is 3.66. The van der Waals surface area contributed by atoms with Gasteiger partial charge in [-0.05, 0) is 66.6 Å². The van der Waals surface area contributed by atoms with Gasteiger partial charge in [0.25, 0.3) is 0 Å². The van der Waals surface area contributed by atoms with Crippen molar-refractivity contribution in [1.82, 2.24) is 14.8 Å². The van der Waals surface area contributed by atoms with E-state index in [1.165, 1.54) is 6.92 Å². The van der Waals surface area contributed by atoms with Crippen LogP contribution in [0.3, 0.4) is 0 Å². The average molecular weight is 551 g/mol. The number of aromatic nitrogens is 1. The number of hydrogen-bond acceptors (Lipinski definition) is 5. The summed E-state index contributed by atoms with van der Waals surface area (Å²) in [4.78, 5) is 59.3. The molecule has 41 heavy (non-hydrogen) atoms. The van der Waals surface area contributed by atoms with Gasteiger partial charge in [0.2, 0.25) is 23.6 Å². The molecule has 4 amide bonds. The summed E-state index contributed by atoms with van der Waals surface area (Å²) in [5.41, 5.74) is 4.56. The number of fused-ring (bicyclic) bond motifs is 3. The Kier molecular flexibility index (Phi) is 6.81. The Morgan fingerprint density at radius 1 is 1.12 bits per heavy atom. The third-order valence-corrected chi connectivity index (χ3v) is 8.57. The van der Waals surface area contributed by atoms with Gasteiger partial charge in [0.15, 0.2) is 0 Å². The van der Waals surface area contributed by atoms with E-state index in [2.05, 4.69) is 22.5 Å². The van der Waals surface area contributed by atoms with E-state index in [4.69, 9.17) is 0 Å². The van der Waals surface area contributed by atoms with E-state index in [1.54, 1.807) is 16.0 Å². The van der Waals surface area contributed by atoms with Crippen LogP contribution in [0.2, 0.25) is 0 Å². The van der Waals surface area contributed by atoms with Crippen LogP contribution in [0.4, 0.5) is 11.5 Å². The topological polar surface area (TPSA) is 112 Å². The lowest BCUT2D eigenvalue weighted by atomic mass is 9.79. The third-order valence-electron chi connectivity index (χ3n) is 8.57. The minimum Gasteiger partial charge on any atom is -0.342 e. The Hall–Kier alpha value is -4.53. The van der Waals surface area contributed by atoms with E-state index in [1.807, 2.05) is 54.6 Å². The smallest absolute Gasteiger partial charge is 0.244 e. The first-order chi connectivity index (χ1) is 19.7. The number of nitrogens with zero attached hydrogens (tertiary/aromatic N) is 3. The van der Waals surface area contributed by atoms with Crippen LogP contribution in [-0.2, 0) is 44.0 Å². The lowest BCUT2D eigenvalue weighted by molar-refractivity contribution is -0.139. The Balaban J connectivity index is 1.18. The Bertz CT molecular complexity index is 1570. The zero-order valence-electron chi connectivity index (χ0n) is 23.0. The van der Waals surface area contributed by atoms with Crippen molar-refractivity contribution in [2.45, 2.75) is 38.1 Å². The largest absolute Gasteiger partial charge is 0.342 e. The standard InChI is InChI=1S/C32H32N5O4/c1-20-6-3-4-7-23(20)17-37(30(40)24-11-13-36(18-24)21(2)38)19-28(39)34-26-10-9-22-15-32(16-25(22)14-26)27-8-5-12-33-29(27)35-31(32)41/h3-10,12,14,24H,1,11,13,15-19H2,2H3,(H,34,39)(H,33,35,41). The number of carbonyl (C=O) groups excluding carboxylic acids is 4. The molecule has 9 nitrogen and oxygen atoms in total. The second-order valence-corrected chi connectivity index (χ2v) is 11.2. The van der Waals surface area contributed by atoms with Gasteiger partial charge in [0.1, 0.15) is 12.4 Å². The summed E-state index contributed by atoms with van der Waals surface area (Å²) in [5, 5.41) is 5.87. The van der Waals surface area contributed by atoms with Crippen molar-refractivity contribution in [3.8, 4) is 0 Å². The summed E-state index contributed by atoms with van der Waals surface area (Å²) in [5.74, 6) is -0.315. The van der Waals surface area contributed by atoms with Crippen molar-refractivity contribution in [2.24, 2.45) is 5.92 Å². The molecule has 2 unspecified atom stereocenters. The predicted octanol–water partition coefficient (Wildman–Crippen LogP) is 3.09. The molecule has 2 N–H and O–H groups in total. The van der Waals surface area contributed by atoms with E-state index >= 15 is 0 Å². The Labute approximate surface area is 238 Å². The van der Waals surface area contributed by atoms with Crippen molar-refractivity contribution < 1.29 is 19.2 Å². The van der Waals surface area contributed by atoms with Crippen molar-refractivity contribution in [1.29, 1.82) is 0 Å². The van der Waals surface area contributed by atoms with Gasteiger partial charge in [-0.15, -0.1) is 0 Å². The van der Waals surface area contributed by atoms with Crippen LogP contribution >= 0.6 is 0 Å². The molecule has 3 aliphatic rings. The molecule has 2 aliphatic heterocycles. The highest BCUT2D eigenvalue weighted by Crippen LogP contribution is 2.46. The molecule has 3 aromatic rings. The van der Waals surface area contributed by atoms with Crippen molar-refractivity contribution in [3.63, 3.8) is 0 Å². The van der Waals surface area contributed by atoms with Crippen molar-refractivity contribution in [3.05, 3.63) is 95.5 Å². The van der Waals surface area contributed by atoms with Gasteiger partial charge in [0, 0.05) is 44.0 Å². The maximum atomic E-state index is 13.6. The van der Waals surface area contributed by atoms with Crippen molar-refractivity contribution >= 4 is 35.1 Å². The lowest BCUT2D eigenvalue weighted by Crippen LogP contribution is -2.42. The molecule has 6 rings (SSSR count). The van der Waals surface area contributed by atoms with Crippen molar-refractivity contribution in [2.75, 3.05) is 30.3 Å². The van der Waals surface area contributed by atoms with Gasteiger partial charge in [-0.2, -0.15) is 0 Å². The number of nitrogens with one attached hydrogen (secondary N) is 2. The van der Waals surface area contributed by atoms with E-state index in [0.717, 1.165) is 27.8 Å². The quantitative estimate of drug-likeness (QED) is 0.490. The summed E-state index contributed by atoms with van der Waals surface area (Å²) in [7, 11) is 0. The number of likely N-dealkylation sites (tertiary alicyclic amines) is 1. The first-order valence-electron chi connectivity index (χ1n) is 13.9. The van der Waals surface area contributed by atoms with Crippen LogP contribution in [0.15, 0.2) is 60.8 Å². The molecule has 0 bridgehead atoms. The maximum Gasteiger partial charge on any atom is 0.244 e. The van der Waals surface area contributed by atoms with Crippen LogP contribution in [0.1, 0.15) is 41.2 Å². The molecule has 9 heteroatoms. The molecule has 1 spiro atoms. The van der Waals surface area contributed by atoms with E-state index < -0.39 is 5.41 Å². The Morgan fingerprint density at radius 2 is 1.93 bits per heavy atom. The van der Waals surface area contributed by atoms with Crippen LogP contribution in [0.5, 0.6) is 0 Å². The normalized spacial score (nSPS) is 20.5. The molecule has 3 heterocycles.